The standard InChI is InChI=1S/2C6H13GeN2S2.2C6H13GeN2.CH4O.6Pd.8H2S/c2*1-5(9-8)4-6(2,3)7(10)11;2*1-5(9-8)4-6(2,3)7;1-2;;;;;;;;;;;;;;/h2*4,8H2,1-3H3;2*4,8H2,1-3H3;2H,1H3;;;;;;;8*1H2/q2*-2;;;;;;;;;;;;;;;;;/p-8/b4*9-5+;;;;;;;;;;;;;;;. The van der Waals surface area contributed by atoms with Crippen LogP contribution in [0.1, 0.15) is 109 Å². The van der Waals surface area contributed by atoms with Gasteiger partial charge in [0.2, 0.25) is 0 Å². The molecule has 0 heterocycles. The van der Waals surface area contributed by atoms with Crippen molar-refractivity contribution in [3.05, 3.63) is 0 Å². The molecule has 0 saturated heterocycles. The first kappa shape index (κ1) is 126. The second-order valence-electron chi connectivity index (χ2n) is 12.3. The fourth-order valence-electron chi connectivity index (χ4n) is 2.89. The Kier molecular flexibility index (Phi) is 162. The molecule has 56 heavy (non-hydrogen) atoms. The second-order valence-corrected chi connectivity index (χ2v) is 37.2. The molecule has 0 aliphatic rings. The zero-order valence-electron chi connectivity index (χ0n) is 33.5. The molecule has 0 fully saturated rings. The third-order valence-corrected chi connectivity index (χ3v) is 22.4. The van der Waals surface area contributed by atoms with Crippen molar-refractivity contribution < 1.29 is 128 Å². The first-order valence-electron chi connectivity index (χ1n) is 13.0. The van der Waals surface area contributed by atoms with Crippen LogP contribution in [0.4, 0.5) is 0 Å². The SMILES string of the molecule is C/C(C[C](C)(C)[Ge]([S-])[S-])=N\N.C/C(C[C](C)(C)[Ge]([S-])[S-])=N\N.C/C(C[C](C)(C)[Ge])=N\N.C/C(C[C](C)(C)[Ge])=N\N.CO.[Pd].[Pd].[Pd].[Pd].[Pd].[Pd].[SH-].[SH-].[SH-].[SH-].[SH-].[SH-].[SH-].[SH-]. The zero-order valence-corrected chi connectivity index (χ0v) is 61.6. The number of hydrogen-bond acceptors (Lipinski definition) is 21. The number of aliphatic hydroxyl groups is 1. The van der Waals surface area contributed by atoms with Gasteiger partial charge in [0.15, 0.2) is 0 Å². The topological polar surface area (TPSA) is 174 Å². The van der Waals surface area contributed by atoms with E-state index in [0.29, 0.717) is 8.49 Å². The molecule has 370 valence electrons. The van der Waals surface area contributed by atoms with Crippen molar-refractivity contribution in [2.24, 2.45) is 43.8 Å². The first-order valence-corrected chi connectivity index (χ1v) is 29.1. The smallest absolute Gasteiger partial charge is 0.0319 e. The fraction of sp³-hybridized carbons (Fsp3) is 0.840. The van der Waals surface area contributed by atoms with Gasteiger partial charge in [-0.05, 0) is 0 Å². The molecule has 0 unspecified atom stereocenters. The molecular weight excluding hydrogens is 1740 g/mol. The zero-order chi connectivity index (χ0) is 35.1. The number of hydrazone groups is 4. The minimum absolute atomic E-state index is 0. The molecule has 9 nitrogen and oxygen atoms in total. The summed E-state index contributed by atoms with van der Waals surface area (Å²) < 4.78 is 0.842. The fourth-order valence-corrected chi connectivity index (χ4v) is 7.14. The van der Waals surface area contributed by atoms with E-state index in [9.17, 15) is 0 Å². The van der Waals surface area contributed by atoms with Crippen molar-refractivity contribution in [2.45, 2.75) is 126 Å². The van der Waals surface area contributed by atoms with Crippen LogP contribution in [-0.4, -0.2) is 92.2 Å². The maximum Gasteiger partial charge on any atom is 0.0319 e. The molecule has 0 aromatic rings. The number of nitrogens with two attached hydrogens (primary N) is 4. The third kappa shape index (κ3) is 100. The maximum absolute atomic E-state index is 7.00. The van der Waals surface area contributed by atoms with Gasteiger partial charge in [-0.3, -0.25) is 0 Å². The van der Waals surface area contributed by atoms with Crippen LogP contribution in [0.3, 0.4) is 0 Å². The summed E-state index contributed by atoms with van der Waals surface area (Å²) in [6.45, 7) is 24.8. The minimum Gasteiger partial charge on any atom is -0.813 e. The van der Waals surface area contributed by atoms with Gasteiger partial charge in [-0.25, -0.2) is 0 Å². The van der Waals surface area contributed by atoms with Gasteiger partial charge in [0.1, 0.15) is 0 Å². The molecule has 0 aromatic heterocycles. The molecule has 0 rings (SSSR count). The van der Waals surface area contributed by atoms with E-state index in [2.05, 4.69) is 109 Å². The Bertz CT molecular complexity index is 795. The van der Waals surface area contributed by atoms with Crippen LogP contribution < -0.4 is 23.4 Å². The predicted octanol–water partition coefficient (Wildman–Crippen LogP) is 1.74. The summed E-state index contributed by atoms with van der Waals surface area (Å²) in [5, 5.41) is 21.4. The number of rotatable bonds is 10. The first-order chi connectivity index (χ1) is 18.7. The maximum atomic E-state index is 7.00. The van der Waals surface area contributed by atoms with Crippen molar-refractivity contribution >= 4 is 232 Å². The van der Waals surface area contributed by atoms with E-state index in [1.807, 2.05) is 27.7 Å². The van der Waals surface area contributed by atoms with Gasteiger partial charge in [-0.1, -0.05) is 0 Å². The quantitative estimate of drug-likeness (QED) is 0.0535. The summed E-state index contributed by atoms with van der Waals surface area (Å²) in [4.78, 5) is 0. The van der Waals surface area contributed by atoms with Gasteiger partial charge in [-0.15, -0.1) is 0 Å². The van der Waals surface area contributed by atoms with Crippen molar-refractivity contribution in [3.8, 4) is 0 Å². The van der Waals surface area contributed by atoms with Crippen molar-refractivity contribution in [3.63, 3.8) is 0 Å². The molecule has 9 N–H and O–H groups in total. The molecule has 0 saturated carbocycles. The number of thiol groups is 8. The number of hydrogen-bond donors (Lipinski definition) is 5. The Morgan fingerprint density at radius 1 is 0.429 bits per heavy atom. The van der Waals surface area contributed by atoms with Gasteiger partial charge in [0, 0.05) is 130 Å². The van der Waals surface area contributed by atoms with E-state index in [1.165, 1.54) is 0 Å². The van der Waals surface area contributed by atoms with Gasteiger partial charge in [0.25, 0.3) is 0 Å². The molecule has 0 aliphatic heterocycles. The van der Waals surface area contributed by atoms with Crippen LogP contribution in [0, 0.1) is 0 Å². The summed E-state index contributed by atoms with van der Waals surface area (Å²) in [6, 6.07) is 0. The average Bonchev–Trinajstić information content (AvgIpc) is 2.83. The molecule has 8 radical (unpaired) electrons. The van der Waals surface area contributed by atoms with E-state index in [-0.39, 0.29) is 239 Å². The monoisotopic (exact) mass is 1810 g/mol. The van der Waals surface area contributed by atoms with Gasteiger partial charge >= 0.3 is 293 Å². The van der Waals surface area contributed by atoms with E-state index < -0.39 is 24.1 Å². The largest absolute Gasteiger partial charge is 0.813 e. The normalized spacial score (nSPS) is 10.2. The summed E-state index contributed by atoms with van der Waals surface area (Å²) in [6.07, 6.45) is 3.66. The Hall–Kier alpha value is 8.19. The van der Waals surface area contributed by atoms with Gasteiger partial charge in [0.05, 0.1) is 0 Å². The molecule has 0 spiro atoms. The molecule has 0 atom stereocenters. The third-order valence-electron chi connectivity index (χ3n) is 4.78. The summed E-state index contributed by atoms with van der Waals surface area (Å²) in [5.74, 6) is 20.4. The minimum atomic E-state index is -1.67. The predicted molar refractivity (Wildman–Crippen MR) is 275 cm³/mol. The van der Waals surface area contributed by atoms with Crippen molar-refractivity contribution in [2.75, 3.05) is 7.11 Å². The Balaban J connectivity index is -0.0000000175. The summed E-state index contributed by atoms with van der Waals surface area (Å²) in [7, 11) is 21.7. The molecule has 31 heteroatoms. The Morgan fingerprint density at radius 2 is 0.554 bits per heavy atom. The van der Waals surface area contributed by atoms with E-state index >= 15 is 0 Å². The molecule has 0 amide bonds. The van der Waals surface area contributed by atoms with Crippen LogP contribution in [0.25, 0.3) is 0 Å². The van der Waals surface area contributed by atoms with E-state index in [4.69, 9.17) is 72.3 Å². The van der Waals surface area contributed by atoms with Crippen LogP contribution in [0.5, 0.6) is 0 Å². The molecule has 0 aliphatic carbocycles. The summed E-state index contributed by atoms with van der Waals surface area (Å²) in [5.41, 5.74) is 3.91. The van der Waals surface area contributed by atoms with Crippen molar-refractivity contribution in [1.29, 1.82) is 0 Å². The molecule has 0 bridgehead atoms. The Labute approximate surface area is 526 Å². The molecule has 0 aromatic carbocycles. The van der Waals surface area contributed by atoms with Gasteiger partial charge in [-0.2, -0.15) is 0 Å². The van der Waals surface area contributed by atoms with Crippen LogP contribution in [0.2, 0.25) is 17.0 Å². The van der Waals surface area contributed by atoms with E-state index in [0.717, 1.165) is 55.6 Å². The average molecular weight is 1810 g/mol. The Morgan fingerprint density at radius 3 is 0.625 bits per heavy atom. The number of nitrogens with zero attached hydrogens (tertiary/aromatic N) is 4. The van der Waals surface area contributed by atoms with Crippen LogP contribution in [0.15, 0.2) is 20.4 Å². The van der Waals surface area contributed by atoms with Crippen molar-refractivity contribution in [1.82, 2.24) is 0 Å². The van der Waals surface area contributed by atoms with Crippen LogP contribution in [-0.2, 0) is 274 Å². The summed E-state index contributed by atoms with van der Waals surface area (Å²) >= 11 is 0.997. The number of aliphatic hydroxyl groups excluding tert-OH is 1. The van der Waals surface area contributed by atoms with E-state index in [1.54, 1.807) is 0 Å². The second kappa shape index (κ2) is 72.2. The van der Waals surface area contributed by atoms with Crippen LogP contribution >= 0.6 is 0 Å². The molecular formula is C25H64Ge4N8OPd6S12-12. The van der Waals surface area contributed by atoms with Gasteiger partial charge < -0.3 is 113 Å².